The highest BCUT2D eigenvalue weighted by atomic mass is 16.5. The van der Waals surface area contributed by atoms with Crippen LogP contribution in [0.4, 0.5) is 0 Å². The number of hydrogen-bond donors (Lipinski definition) is 2. The number of benzene rings is 1. The summed E-state index contributed by atoms with van der Waals surface area (Å²) in [6.07, 6.45) is -0.563. The van der Waals surface area contributed by atoms with Gasteiger partial charge in [-0.2, -0.15) is 0 Å². The lowest BCUT2D eigenvalue weighted by Crippen LogP contribution is -2.35. The monoisotopic (exact) mass is 281 g/mol. The minimum atomic E-state index is -0.563. The quantitative estimate of drug-likeness (QED) is 0.667. The fourth-order valence-corrected chi connectivity index (χ4v) is 1.57. The summed E-state index contributed by atoms with van der Waals surface area (Å²) in [6.45, 7) is 4.81. The number of hydrogen-bond acceptors (Lipinski definition) is 5. The number of Topliss-reactive ketones (excluding diaryl/α,β-unsaturated/α-hetero) is 1. The van der Waals surface area contributed by atoms with E-state index in [1.165, 1.54) is 7.11 Å². The Hall–Kier alpha value is -1.43. The smallest absolute Gasteiger partial charge is 0.188 e. The molecule has 0 aliphatic carbocycles. The average molecular weight is 281 g/mol. The predicted octanol–water partition coefficient (Wildman–Crippen LogP) is 1.25. The standard InChI is InChI=1S/C15H23NO4/c1-11(2)16-8-13(17)9-20-14-6-4-12(5-7-14)15(18)10-19-3/h4-7,11,13,16-17H,8-10H2,1-3H3. The fraction of sp³-hybridized carbons (Fsp3) is 0.533. The van der Waals surface area contributed by atoms with Gasteiger partial charge < -0.3 is 19.9 Å². The molecule has 0 heterocycles. The van der Waals surface area contributed by atoms with Gasteiger partial charge in [-0.25, -0.2) is 0 Å². The summed E-state index contributed by atoms with van der Waals surface area (Å²) in [4.78, 5) is 11.6. The van der Waals surface area contributed by atoms with E-state index >= 15 is 0 Å². The Balaban J connectivity index is 2.39. The second-order valence-corrected chi connectivity index (χ2v) is 4.91. The maximum Gasteiger partial charge on any atom is 0.188 e. The largest absolute Gasteiger partial charge is 0.491 e. The van der Waals surface area contributed by atoms with Crippen molar-refractivity contribution in [3.05, 3.63) is 29.8 Å². The third-order valence-corrected chi connectivity index (χ3v) is 2.66. The summed E-state index contributed by atoms with van der Waals surface area (Å²) < 4.78 is 10.3. The molecule has 2 N–H and O–H groups in total. The van der Waals surface area contributed by atoms with Gasteiger partial charge in [-0.3, -0.25) is 4.79 Å². The van der Waals surface area contributed by atoms with Crippen molar-refractivity contribution in [2.75, 3.05) is 26.9 Å². The first-order chi connectivity index (χ1) is 9.52. The molecule has 1 aromatic rings. The number of aliphatic hydroxyl groups is 1. The van der Waals surface area contributed by atoms with E-state index in [-0.39, 0.29) is 19.0 Å². The summed E-state index contributed by atoms with van der Waals surface area (Å²) >= 11 is 0. The Labute approximate surface area is 119 Å². The highest BCUT2D eigenvalue weighted by Gasteiger charge is 2.07. The zero-order chi connectivity index (χ0) is 15.0. The van der Waals surface area contributed by atoms with E-state index in [1.807, 2.05) is 13.8 Å². The summed E-state index contributed by atoms with van der Waals surface area (Å²) in [5.74, 6) is 0.558. The summed E-state index contributed by atoms with van der Waals surface area (Å²) in [5, 5.41) is 12.8. The Kier molecular flexibility index (Phi) is 7.22. The van der Waals surface area contributed by atoms with E-state index in [2.05, 4.69) is 5.32 Å². The lowest BCUT2D eigenvalue weighted by atomic mass is 10.1. The van der Waals surface area contributed by atoms with Crippen molar-refractivity contribution in [2.24, 2.45) is 0 Å². The number of aliphatic hydroxyl groups excluding tert-OH is 1. The molecule has 0 fully saturated rings. The number of nitrogens with one attached hydrogen (secondary N) is 1. The number of rotatable bonds is 9. The van der Waals surface area contributed by atoms with Crippen molar-refractivity contribution in [1.29, 1.82) is 0 Å². The van der Waals surface area contributed by atoms with Crippen LogP contribution in [0.25, 0.3) is 0 Å². The average Bonchev–Trinajstić information content (AvgIpc) is 2.43. The number of ketones is 1. The normalized spacial score (nSPS) is 12.4. The summed E-state index contributed by atoms with van der Waals surface area (Å²) in [7, 11) is 1.49. The molecule has 0 amide bonds. The third kappa shape index (κ3) is 6.14. The fourth-order valence-electron chi connectivity index (χ4n) is 1.57. The molecule has 5 heteroatoms. The number of carbonyl (C=O) groups is 1. The second-order valence-electron chi connectivity index (χ2n) is 4.91. The van der Waals surface area contributed by atoms with Gasteiger partial charge in [0.25, 0.3) is 0 Å². The molecule has 1 atom stereocenters. The van der Waals surface area contributed by atoms with Crippen LogP contribution in [0, 0.1) is 0 Å². The molecule has 0 bridgehead atoms. The van der Waals surface area contributed by atoms with Gasteiger partial charge in [0, 0.05) is 25.3 Å². The van der Waals surface area contributed by atoms with E-state index in [0.29, 0.717) is 23.9 Å². The molecule has 1 aromatic carbocycles. The number of carbonyl (C=O) groups excluding carboxylic acids is 1. The lowest BCUT2D eigenvalue weighted by Gasteiger charge is -2.15. The SMILES string of the molecule is COCC(=O)c1ccc(OCC(O)CNC(C)C)cc1. The van der Waals surface area contributed by atoms with Crippen molar-refractivity contribution in [3.8, 4) is 5.75 Å². The highest BCUT2D eigenvalue weighted by Crippen LogP contribution is 2.13. The van der Waals surface area contributed by atoms with Gasteiger partial charge in [0.2, 0.25) is 0 Å². The number of methoxy groups -OCH3 is 1. The molecule has 0 radical (unpaired) electrons. The Bertz CT molecular complexity index is 403. The maximum atomic E-state index is 11.6. The van der Waals surface area contributed by atoms with Gasteiger partial charge >= 0.3 is 0 Å². The molecule has 0 aliphatic rings. The van der Waals surface area contributed by atoms with Gasteiger partial charge in [0.15, 0.2) is 5.78 Å². The van der Waals surface area contributed by atoms with Crippen LogP contribution in [0.5, 0.6) is 5.75 Å². The van der Waals surface area contributed by atoms with Gasteiger partial charge in [-0.05, 0) is 24.3 Å². The molecular weight excluding hydrogens is 258 g/mol. The van der Waals surface area contributed by atoms with Crippen molar-refractivity contribution >= 4 is 5.78 Å². The van der Waals surface area contributed by atoms with Crippen molar-refractivity contribution in [3.63, 3.8) is 0 Å². The zero-order valence-corrected chi connectivity index (χ0v) is 12.3. The molecule has 0 aliphatic heterocycles. The Morgan fingerprint density at radius 3 is 2.50 bits per heavy atom. The molecule has 0 spiro atoms. The third-order valence-electron chi connectivity index (χ3n) is 2.66. The van der Waals surface area contributed by atoms with Crippen LogP contribution >= 0.6 is 0 Å². The molecule has 5 nitrogen and oxygen atoms in total. The zero-order valence-electron chi connectivity index (χ0n) is 12.3. The van der Waals surface area contributed by atoms with E-state index < -0.39 is 6.10 Å². The van der Waals surface area contributed by atoms with E-state index in [1.54, 1.807) is 24.3 Å². The van der Waals surface area contributed by atoms with E-state index in [0.717, 1.165) is 0 Å². The molecule has 0 saturated carbocycles. The van der Waals surface area contributed by atoms with Gasteiger partial charge in [-0.1, -0.05) is 13.8 Å². The van der Waals surface area contributed by atoms with Crippen LogP contribution < -0.4 is 10.1 Å². The summed E-state index contributed by atoms with van der Waals surface area (Å²) in [5.41, 5.74) is 0.584. The molecule has 112 valence electrons. The van der Waals surface area contributed by atoms with E-state index in [9.17, 15) is 9.90 Å². The Morgan fingerprint density at radius 2 is 1.95 bits per heavy atom. The van der Waals surface area contributed by atoms with Crippen LogP contribution in [-0.2, 0) is 4.74 Å². The molecular formula is C15H23NO4. The minimum Gasteiger partial charge on any atom is -0.491 e. The van der Waals surface area contributed by atoms with E-state index in [4.69, 9.17) is 9.47 Å². The van der Waals surface area contributed by atoms with Crippen LogP contribution in [0.1, 0.15) is 24.2 Å². The molecule has 1 unspecified atom stereocenters. The minimum absolute atomic E-state index is 0.0692. The predicted molar refractivity (Wildman–Crippen MR) is 77.3 cm³/mol. The topological polar surface area (TPSA) is 67.8 Å². The van der Waals surface area contributed by atoms with Gasteiger partial charge in [0.05, 0.1) is 0 Å². The molecule has 20 heavy (non-hydrogen) atoms. The highest BCUT2D eigenvalue weighted by molar-refractivity contribution is 5.97. The lowest BCUT2D eigenvalue weighted by molar-refractivity contribution is 0.0847. The Morgan fingerprint density at radius 1 is 1.30 bits per heavy atom. The van der Waals surface area contributed by atoms with Crippen molar-refractivity contribution < 1.29 is 19.4 Å². The summed E-state index contributed by atoms with van der Waals surface area (Å²) in [6, 6.07) is 7.14. The first-order valence-electron chi connectivity index (χ1n) is 6.69. The molecule has 1 rings (SSSR count). The first-order valence-corrected chi connectivity index (χ1v) is 6.69. The molecule has 0 aromatic heterocycles. The van der Waals surface area contributed by atoms with Crippen molar-refractivity contribution in [2.45, 2.75) is 26.0 Å². The van der Waals surface area contributed by atoms with Gasteiger partial charge in [-0.15, -0.1) is 0 Å². The van der Waals surface area contributed by atoms with Crippen LogP contribution in [0.15, 0.2) is 24.3 Å². The first kappa shape index (κ1) is 16.6. The maximum absolute atomic E-state index is 11.6. The van der Waals surface area contributed by atoms with Gasteiger partial charge in [0.1, 0.15) is 25.1 Å². The van der Waals surface area contributed by atoms with Crippen LogP contribution in [0.3, 0.4) is 0 Å². The number of ether oxygens (including phenoxy) is 2. The van der Waals surface area contributed by atoms with Crippen molar-refractivity contribution in [1.82, 2.24) is 5.32 Å². The van der Waals surface area contributed by atoms with Crippen LogP contribution in [-0.4, -0.2) is 49.9 Å². The second kappa shape index (κ2) is 8.68. The van der Waals surface area contributed by atoms with Crippen LogP contribution in [0.2, 0.25) is 0 Å². The molecule has 0 saturated heterocycles.